The summed E-state index contributed by atoms with van der Waals surface area (Å²) in [6, 6.07) is 9.36. The third kappa shape index (κ3) is 4.06. The van der Waals surface area contributed by atoms with E-state index in [4.69, 9.17) is 0 Å². The average Bonchev–Trinajstić information content (AvgIpc) is 2.72. The molecule has 2 aliphatic heterocycles. The van der Waals surface area contributed by atoms with E-state index in [9.17, 15) is 14.7 Å². The lowest BCUT2D eigenvalue weighted by molar-refractivity contribution is -0.127. The van der Waals surface area contributed by atoms with Gasteiger partial charge in [0, 0.05) is 31.8 Å². The Kier molecular flexibility index (Phi) is 5.10. The molecular weight excluding hydrogens is 354 g/mol. The number of amides is 2. The lowest BCUT2D eigenvalue weighted by atomic mass is 9.89. The van der Waals surface area contributed by atoms with Crippen LogP contribution in [0.25, 0.3) is 6.08 Å². The number of pyridine rings is 1. The van der Waals surface area contributed by atoms with Crippen LogP contribution in [-0.4, -0.2) is 39.9 Å². The summed E-state index contributed by atoms with van der Waals surface area (Å²) in [6.07, 6.45) is 7.97. The molecule has 2 amide bonds. The van der Waals surface area contributed by atoms with Crippen LogP contribution in [0, 0.1) is 0 Å². The van der Waals surface area contributed by atoms with Gasteiger partial charge < -0.3 is 15.3 Å². The first-order valence-electron chi connectivity index (χ1n) is 9.63. The molecule has 1 saturated heterocycles. The van der Waals surface area contributed by atoms with Gasteiger partial charge in [-0.15, -0.1) is 0 Å². The summed E-state index contributed by atoms with van der Waals surface area (Å²) in [7, 11) is 0. The van der Waals surface area contributed by atoms with Gasteiger partial charge in [0.2, 0.25) is 11.8 Å². The lowest BCUT2D eigenvalue weighted by Gasteiger charge is -2.31. The number of benzene rings is 1. The maximum atomic E-state index is 12.5. The van der Waals surface area contributed by atoms with Crippen LogP contribution >= 0.6 is 0 Å². The molecule has 0 aliphatic carbocycles. The first-order chi connectivity index (χ1) is 13.6. The Morgan fingerprint density at radius 3 is 2.82 bits per heavy atom. The number of nitrogens with zero attached hydrogens (tertiary/aromatic N) is 2. The number of carbonyl (C=O) groups is 2. The summed E-state index contributed by atoms with van der Waals surface area (Å²) < 4.78 is 0. The van der Waals surface area contributed by atoms with E-state index in [1.807, 2.05) is 29.2 Å². The zero-order chi connectivity index (χ0) is 19.5. The van der Waals surface area contributed by atoms with Gasteiger partial charge >= 0.3 is 0 Å². The van der Waals surface area contributed by atoms with Gasteiger partial charge in [-0.05, 0) is 66.1 Å². The number of fused-ring (bicyclic) bond motifs is 1. The molecule has 2 aromatic rings. The smallest absolute Gasteiger partial charge is 0.246 e. The van der Waals surface area contributed by atoms with Crippen LogP contribution in [0.15, 0.2) is 42.6 Å². The number of phenols is 1. The normalized spacial score (nSPS) is 17.4. The maximum absolute atomic E-state index is 12.5. The van der Waals surface area contributed by atoms with Gasteiger partial charge in [-0.25, -0.2) is 4.98 Å². The molecule has 0 spiro atoms. The number of aryl methyl sites for hydroxylation is 1. The van der Waals surface area contributed by atoms with Crippen molar-refractivity contribution in [2.45, 2.75) is 31.6 Å². The number of hydrogen-bond donors (Lipinski definition) is 2. The van der Waals surface area contributed by atoms with Gasteiger partial charge in [0.05, 0.1) is 0 Å². The van der Waals surface area contributed by atoms with E-state index in [0.29, 0.717) is 37.7 Å². The first kappa shape index (κ1) is 18.2. The summed E-state index contributed by atoms with van der Waals surface area (Å²) in [6.45, 7) is 1.41. The second kappa shape index (κ2) is 7.84. The number of likely N-dealkylation sites (tertiary alicyclic amines) is 1. The van der Waals surface area contributed by atoms with Crippen molar-refractivity contribution in [3.05, 3.63) is 59.3 Å². The minimum atomic E-state index is -0.00686. The summed E-state index contributed by atoms with van der Waals surface area (Å²) >= 11 is 0. The highest BCUT2D eigenvalue weighted by atomic mass is 16.3. The van der Waals surface area contributed by atoms with E-state index in [0.717, 1.165) is 29.5 Å². The van der Waals surface area contributed by atoms with Crippen LogP contribution in [0.5, 0.6) is 5.75 Å². The molecular formula is C22H23N3O3. The fraction of sp³-hybridized carbons (Fsp3) is 0.318. The third-order valence-corrected chi connectivity index (χ3v) is 5.43. The molecule has 28 heavy (non-hydrogen) atoms. The van der Waals surface area contributed by atoms with Crippen LogP contribution < -0.4 is 5.32 Å². The number of phenolic OH excluding ortho intramolecular Hbond substituents is 1. The molecule has 2 aliphatic rings. The molecule has 6 nitrogen and oxygen atoms in total. The van der Waals surface area contributed by atoms with Crippen molar-refractivity contribution in [1.29, 1.82) is 0 Å². The number of aromatic nitrogens is 1. The van der Waals surface area contributed by atoms with Crippen molar-refractivity contribution < 1.29 is 14.7 Å². The van der Waals surface area contributed by atoms with Gasteiger partial charge in [0.15, 0.2) is 0 Å². The molecule has 4 rings (SSSR count). The maximum Gasteiger partial charge on any atom is 0.246 e. The molecule has 1 fully saturated rings. The summed E-state index contributed by atoms with van der Waals surface area (Å²) in [4.78, 5) is 30.1. The predicted octanol–water partition coefficient (Wildman–Crippen LogP) is 3.09. The molecule has 6 heteroatoms. The number of rotatable bonds is 3. The second-order valence-electron chi connectivity index (χ2n) is 7.35. The molecule has 0 bridgehead atoms. The molecule has 0 saturated carbocycles. The van der Waals surface area contributed by atoms with Crippen molar-refractivity contribution in [2.75, 3.05) is 18.4 Å². The van der Waals surface area contributed by atoms with E-state index in [1.165, 1.54) is 0 Å². The van der Waals surface area contributed by atoms with Crippen molar-refractivity contribution >= 4 is 23.7 Å². The number of aromatic hydroxyl groups is 1. The van der Waals surface area contributed by atoms with Crippen LogP contribution in [-0.2, 0) is 16.0 Å². The molecule has 3 heterocycles. The molecule has 2 N–H and O–H groups in total. The Hall–Kier alpha value is -3.15. The molecule has 0 atom stereocenters. The fourth-order valence-corrected chi connectivity index (χ4v) is 3.85. The van der Waals surface area contributed by atoms with Crippen LogP contribution in [0.4, 0.5) is 5.82 Å². The minimum absolute atomic E-state index is 0.000354. The Labute approximate surface area is 163 Å². The number of anilines is 1. The highest BCUT2D eigenvalue weighted by Gasteiger charge is 2.23. The van der Waals surface area contributed by atoms with E-state index < -0.39 is 0 Å². The van der Waals surface area contributed by atoms with Crippen LogP contribution in [0.3, 0.4) is 0 Å². The topological polar surface area (TPSA) is 82.5 Å². The fourth-order valence-electron chi connectivity index (χ4n) is 3.85. The average molecular weight is 377 g/mol. The Balaban J connectivity index is 1.35. The molecule has 1 aromatic heterocycles. The number of nitrogens with one attached hydrogen (secondary N) is 1. The van der Waals surface area contributed by atoms with Crippen LogP contribution in [0.1, 0.15) is 41.9 Å². The van der Waals surface area contributed by atoms with E-state index in [-0.39, 0.29) is 17.6 Å². The summed E-state index contributed by atoms with van der Waals surface area (Å²) in [5.74, 6) is 1.28. The number of piperidine rings is 1. The third-order valence-electron chi connectivity index (χ3n) is 5.43. The second-order valence-corrected chi connectivity index (χ2v) is 7.35. The van der Waals surface area contributed by atoms with Crippen molar-refractivity contribution in [2.24, 2.45) is 0 Å². The zero-order valence-electron chi connectivity index (χ0n) is 15.6. The highest BCUT2D eigenvalue weighted by Crippen LogP contribution is 2.30. The van der Waals surface area contributed by atoms with E-state index >= 15 is 0 Å². The van der Waals surface area contributed by atoms with E-state index in [2.05, 4.69) is 10.3 Å². The SMILES string of the molecule is O=C1CCc2cc(C=CC(=O)N3CCC(c4cccc(O)c4)CC3)cnc2N1. The number of carbonyl (C=O) groups excluding carboxylic acids is 2. The van der Waals surface area contributed by atoms with Gasteiger partial charge in [0.25, 0.3) is 0 Å². The monoisotopic (exact) mass is 377 g/mol. The minimum Gasteiger partial charge on any atom is -0.508 e. The van der Waals surface area contributed by atoms with Crippen molar-refractivity contribution in [3.63, 3.8) is 0 Å². The largest absolute Gasteiger partial charge is 0.508 e. The van der Waals surface area contributed by atoms with Gasteiger partial charge in [-0.2, -0.15) is 0 Å². The Morgan fingerprint density at radius 2 is 2.04 bits per heavy atom. The Bertz CT molecular complexity index is 930. The summed E-state index contributed by atoms with van der Waals surface area (Å²) in [5.41, 5.74) is 2.99. The quantitative estimate of drug-likeness (QED) is 0.806. The Morgan fingerprint density at radius 1 is 1.21 bits per heavy atom. The molecule has 0 unspecified atom stereocenters. The van der Waals surface area contributed by atoms with E-state index in [1.54, 1.807) is 24.4 Å². The summed E-state index contributed by atoms with van der Waals surface area (Å²) in [5, 5.41) is 12.4. The van der Waals surface area contributed by atoms with Crippen LogP contribution in [0.2, 0.25) is 0 Å². The predicted molar refractivity (Wildman–Crippen MR) is 107 cm³/mol. The first-order valence-corrected chi connectivity index (χ1v) is 9.63. The zero-order valence-corrected chi connectivity index (χ0v) is 15.6. The molecule has 0 radical (unpaired) electrons. The number of hydrogen-bond acceptors (Lipinski definition) is 4. The molecule has 1 aromatic carbocycles. The van der Waals surface area contributed by atoms with Crippen molar-refractivity contribution in [1.82, 2.24) is 9.88 Å². The van der Waals surface area contributed by atoms with Gasteiger partial charge in [0.1, 0.15) is 11.6 Å². The highest BCUT2D eigenvalue weighted by molar-refractivity contribution is 5.93. The van der Waals surface area contributed by atoms with Crippen molar-refractivity contribution in [3.8, 4) is 5.75 Å². The van der Waals surface area contributed by atoms with Gasteiger partial charge in [-0.1, -0.05) is 12.1 Å². The molecule has 144 valence electrons. The standard InChI is InChI=1S/C22H23N3O3/c26-19-3-1-2-17(13-19)16-8-10-25(11-9-16)21(28)7-4-15-12-18-5-6-20(27)24-22(18)23-14-15/h1-4,7,12-14,16,26H,5-6,8-11H2,(H,23,24,27). The lowest BCUT2D eigenvalue weighted by Crippen LogP contribution is -2.36. The van der Waals surface area contributed by atoms with Gasteiger partial charge in [-0.3, -0.25) is 9.59 Å².